The first-order valence-corrected chi connectivity index (χ1v) is 9.51. The number of benzene rings is 1. The topological polar surface area (TPSA) is 93.6 Å². The Morgan fingerprint density at radius 3 is 2.61 bits per heavy atom. The number of amides is 2. The molecule has 1 saturated heterocycles. The zero-order valence-electron chi connectivity index (χ0n) is 14.8. The molecular weight excluding hydrogens is 404 g/mol. The summed E-state index contributed by atoms with van der Waals surface area (Å²) < 4.78 is 5.11. The highest BCUT2D eigenvalue weighted by Crippen LogP contribution is 2.31. The van der Waals surface area contributed by atoms with Crippen LogP contribution >= 0.6 is 23.4 Å². The van der Waals surface area contributed by atoms with Gasteiger partial charge in [-0.15, -0.1) is 0 Å². The van der Waals surface area contributed by atoms with Crippen molar-refractivity contribution in [3.63, 3.8) is 0 Å². The molecule has 1 unspecified atom stereocenters. The summed E-state index contributed by atoms with van der Waals surface area (Å²) in [7, 11) is 1.42. The van der Waals surface area contributed by atoms with Gasteiger partial charge in [0.25, 0.3) is 0 Å². The van der Waals surface area contributed by atoms with Crippen molar-refractivity contribution in [3.05, 3.63) is 58.7 Å². The molecule has 2 heterocycles. The molecule has 0 radical (unpaired) electrons. The minimum atomic E-state index is -0.749. The number of Topliss-reactive ketones (excluding diaryl/α,β-unsaturated/α-hetero) is 1. The second kappa shape index (κ2) is 8.53. The molecule has 0 saturated carbocycles. The standard InChI is InChI=1S/C19H15ClN2O5S/c1-22-16(24)9-15(18(22)25)28-17-12(6-4-8-21-17)19(26)27-10-14(23)11-5-2-3-7-13(11)20/h2-8,15H,9-10H2,1H3. The molecule has 1 aliphatic heterocycles. The van der Waals surface area contributed by atoms with Crippen LogP contribution in [0.5, 0.6) is 0 Å². The zero-order valence-corrected chi connectivity index (χ0v) is 16.3. The number of hydrogen-bond acceptors (Lipinski definition) is 7. The van der Waals surface area contributed by atoms with E-state index in [9.17, 15) is 19.2 Å². The number of aromatic nitrogens is 1. The van der Waals surface area contributed by atoms with E-state index in [0.717, 1.165) is 16.7 Å². The first kappa shape index (κ1) is 20.0. The lowest BCUT2D eigenvalue weighted by molar-refractivity contribution is -0.136. The Morgan fingerprint density at radius 1 is 1.21 bits per heavy atom. The van der Waals surface area contributed by atoms with Gasteiger partial charge < -0.3 is 4.74 Å². The molecule has 0 spiro atoms. The average Bonchev–Trinajstić information content (AvgIpc) is 2.93. The molecule has 3 rings (SSSR count). The number of imide groups is 1. The number of hydrogen-bond donors (Lipinski definition) is 0. The smallest absolute Gasteiger partial charge is 0.341 e. The van der Waals surface area contributed by atoms with E-state index in [1.54, 1.807) is 30.3 Å². The molecule has 1 fully saturated rings. The Balaban J connectivity index is 1.69. The summed E-state index contributed by atoms with van der Waals surface area (Å²) in [6.45, 7) is -0.481. The van der Waals surface area contributed by atoms with Gasteiger partial charge in [-0.2, -0.15) is 0 Å². The van der Waals surface area contributed by atoms with Gasteiger partial charge in [0.05, 0.1) is 15.8 Å². The van der Waals surface area contributed by atoms with Gasteiger partial charge in [-0.25, -0.2) is 9.78 Å². The summed E-state index contributed by atoms with van der Waals surface area (Å²) in [5.41, 5.74) is 0.380. The molecule has 0 bridgehead atoms. The summed E-state index contributed by atoms with van der Waals surface area (Å²) in [6, 6.07) is 9.50. The molecular formula is C19H15ClN2O5S. The maximum absolute atomic E-state index is 12.4. The number of thioether (sulfide) groups is 1. The fourth-order valence-corrected chi connectivity index (χ4v) is 3.96. The lowest BCUT2D eigenvalue weighted by Gasteiger charge is -2.11. The number of rotatable bonds is 6. The van der Waals surface area contributed by atoms with Crippen molar-refractivity contribution in [2.24, 2.45) is 0 Å². The normalized spacial score (nSPS) is 16.4. The van der Waals surface area contributed by atoms with E-state index in [4.69, 9.17) is 16.3 Å². The number of likely N-dealkylation sites (tertiary alicyclic amines) is 1. The van der Waals surface area contributed by atoms with Crippen LogP contribution in [0, 0.1) is 0 Å². The number of ether oxygens (including phenoxy) is 1. The minimum absolute atomic E-state index is 0.0378. The van der Waals surface area contributed by atoms with Crippen molar-refractivity contribution in [2.75, 3.05) is 13.7 Å². The van der Waals surface area contributed by atoms with Crippen molar-refractivity contribution in [3.8, 4) is 0 Å². The summed E-state index contributed by atoms with van der Waals surface area (Å²) in [5, 5.41) is -0.113. The maximum atomic E-state index is 12.4. The number of ketones is 1. The van der Waals surface area contributed by atoms with Crippen LogP contribution in [0.15, 0.2) is 47.6 Å². The molecule has 2 amide bonds. The highest BCUT2D eigenvalue weighted by molar-refractivity contribution is 8.00. The molecule has 0 N–H and O–H groups in total. The van der Waals surface area contributed by atoms with E-state index in [-0.39, 0.29) is 39.4 Å². The fourth-order valence-electron chi connectivity index (χ4n) is 2.56. The molecule has 2 aromatic rings. The highest BCUT2D eigenvalue weighted by atomic mass is 35.5. The van der Waals surface area contributed by atoms with Crippen LogP contribution < -0.4 is 0 Å². The van der Waals surface area contributed by atoms with E-state index < -0.39 is 23.6 Å². The number of nitrogens with zero attached hydrogens (tertiary/aromatic N) is 2. The van der Waals surface area contributed by atoms with Crippen LogP contribution in [0.4, 0.5) is 0 Å². The molecule has 7 nitrogen and oxygen atoms in total. The van der Waals surface area contributed by atoms with Crippen molar-refractivity contribution in [1.29, 1.82) is 0 Å². The molecule has 1 aromatic carbocycles. The quantitative estimate of drug-likeness (QED) is 0.404. The third-order valence-electron chi connectivity index (χ3n) is 4.09. The molecule has 0 aliphatic carbocycles. The Hall–Kier alpha value is -2.71. The Morgan fingerprint density at radius 2 is 1.93 bits per heavy atom. The van der Waals surface area contributed by atoms with Crippen molar-refractivity contribution in [1.82, 2.24) is 9.88 Å². The summed E-state index contributed by atoms with van der Waals surface area (Å²) in [5.74, 6) is -1.81. The van der Waals surface area contributed by atoms with E-state index in [1.165, 1.54) is 19.3 Å². The molecule has 1 aromatic heterocycles. The van der Waals surface area contributed by atoms with Crippen LogP contribution in [0.1, 0.15) is 27.1 Å². The molecule has 144 valence electrons. The third-order valence-corrected chi connectivity index (χ3v) is 5.62. The van der Waals surface area contributed by atoms with Gasteiger partial charge >= 0.3 is 5.97 Å². The van der Waals surface area contributed by atoms with Crippen LogP contribution in [0.3, 0.4) is 0 Å². The van der Waals surface area contributed by atoms with Crippen LogP contribution in [0.2, 0.25) is 5.02 Å². The number of carbonyl (C=O) groups excluding carboxylic acids is 4. The van der Waals surface area contributed by atoms with Gasteiger partial charge in [0, 0.05) is 25.2 Å². The van der Waals surface area contributed by atoms with Gasteiger partial charge in [-0.1, -0.05) is 35.5 Å². The summed E-state index contributed by atoms with van der Waals surface area (Å²) in [6.07, 6.45) is 1.51. The van der Waals surface area contributed by atoms with Gasteiger partial charge in [-0.3, -0.25) is 19.3 Å². The predicted molar refractivity (Wildman–Crippen MR) is 102 cm³/mol. The second-order valence-corrected chi connectivity index (χ2v) is 7.54. The van der Waals surface area contributed by atoms with Crippen molar-refractivity contribution in [2.45, 2.75) is 16.7 Å². The number of esters is 1. The second-order valence-electron chi connectivity index (χ2n) is 5.94. The molecule has 28 heavy (non-hydrogen) atoms. The van der Waals surface area contributed by atoms with Crippen LogP contribution in [-0.2, 0) is 14.3 Å². The third kappa shape index (κ3) is 4.23. The first-order valence-electron chi connectivity index (χ1n) is 8.25. The van der Waals surface area contributed by atoms with Gasteiger partial charge in [-0.05, 0) is 24.3 Å². The number of carbonyl (C=O) groups is 4. The summed E-state index contributed by atoms with van der Waals surface area (Å²) in [4.78, 5) is 53.6. The van der Waals surface area contributed by atoms with Gasteiger partial charge in [0.15, 0.2) is 6.61 Å². The Bertz CT molecular complexity index is 965. The largest absolute Gasteiger partial charge is 0.454 e. The molecule has 9 heteroatoms. The Kier molecular flexibility index (Phi) is 6.11. The lowest BCUT2D eigenvalue weighted by atomic mass is 10.1. The molecule has 1 aliphatic rings. The van der Waals surface area contributed by atoms with Crippen molar-refractivity contribution >= 4 is 46.9 Å². The zero-order chi connectivity index (χ0) is 20.3. The van der Waals surface area contributed by atoms with E-state index in [0.29, 0.717) is 0 Å². The average molecular weight is 419 g/mol. The van der Waals surface area contributed by atoms with Crippen LogP contribution in [0.25, 0.3) is 0 Å². The van der Waals surface area contributed by atoms with Gasteiger partial charge in [0.2, 0.25) is 17.6 Å². The fraction of sp³-hybridized carbons (Fsp3) is 0.211. The van der Waals surface area contributed by atoms with E-state index >= 15 is 0 Å². The minimum Gasteiger partial charge on any atom is -0.454 e. The summed E-state index contributed by atoms with van der Waals surface area (Å²) >= 11 is 7.00. The monoisotopic (exact) mass is 418 g/mol. The highest BCUT2D eigenvalue weighted by Gasteiger charge is 2.37. The predicted octanol–water partition coefficient (Wildman–Crippen LogP) is 2.62. The Labute approximate surface area is 170 Å². The lowest BCUT2D eigenvalue weighted by Crippen LogP contribution is -2.26. The van der Waals surface area contributed by atoms with Crippen LogP contribution in [-0.4, -0.2) is 52.4 Å². The van der Waals surface area contributed by atoms with Gasteiger partial charge in [0.1, 0.15) is 5.03 Å². The maximum Gasteiger partial charge on any atom is 0.341 e. The number of halogens is 1. The number of pyridine rings is 1. The van der Waals surface area contributed by atoms with Crippen molar-refractivity contribution < 1.29 is 23.9 Å². The SMILES string of the molecule is CN1C(=O)CC(Sc2ncccc2C(=O)OCC(=O)c2ccccc2Cl)C1=O. The first-order chi connectivity index (χ1) is 13.4. The van der Waals surface area contributed by atoms with E-state index in [1.807, 2.05) is 0 Å². The molecule has 1 atom stereocenters. The van der Waals surface area contributed by atoms with E-state index in [2.05, 4.69) is 4.98 Å².